The largest absolute Gasteiger partial charge is 0.328 e. The van der Waals surface area contributed by atoms with Crippen LogP contribution < -0.4 is 5.73 Å². The summed E-state index contributed by atoms with van der Waals surface area (Å²) < 4.78 is 0. The molecule has 2 saturated heterocycles. The van der Waals surface area contributed by atoms with Gasteiger partial charge in [-0.25, -0.2) is 0 Å². The number of hydrogen-bond donors (Lipinski definition) is 1. The summed E-state index contributed by atoms with van der Waals surface area (Å²) in [5.74, 6) is 0. The fourth-order valence-electron chi connectivity index (χ4n) is 3.45. The van der Waals surface area contributed by atoms with E-state index < -0.39 is 0 Å². The Bertz CT molecular complexity index is 390. The molecule has 17 heavy (non-hydrogen) atoms. The van der Waals surface area contributed by atoms with E-state index in [1.165, 1.54) is 36.8 Å². The van der Waals surface area contributed by atoms with Gasteiger partial charge in [0, 0.05) is 37.1 Å². The summed E-state index contributed by atoms with van der Waals surface area (Å²) in [6.07, 6.45) is 8.90. The van der Waals surface area contributed by atoms with E-state index in [0.29, 0.717) is 6.04 Å². The summed E-state index contributed by atoms with van der Waals surface area (Å²) in [6.45, 7) is 3.23. The van der Waals surface area contributed by atoms with Gasteiger partial charge in [0.25, 0.3) is 0 Å². The van der Waals surface area contributed by atoms with Crippen LogP contribution in [0.5, 0.6) is 0 Å². The van der Waals surface area contributed by atoms with Gasteiger partial charge in [0.15, 0.2) is 0 Å². The van der Waals surface area contributed by atoms with Crippen LogP contribution in [0.4, 0.5) is 0 Å². The summed E-state index contributed by atoms with van der Waals surface area (Å²) in [7, 11) is 0. The Labute approximate surface area is 103 Å². The molecular formula is C14H21N3. The van der Waals surface area contributed by atoms with Crippen molar-refractivity contribution in [2.45, 2.75) is 57.3 Å². The van der Waals surface area contributed by atoms with Crippen LogP contribution in [0.1, 0.15) is 36.8 Å². The van der Waals surface area contributed by atoms with Gasteiger partial charge in [-0.1, -0.05) is 0 Å². The molecule has 1 aromatic rings. The van der Waals surface area contributed by atoms with Crippen molar-refractivity contribution in [3.63, 3.8) is 0 Å². The number of fused-ring (bicyclic) bond motifs is 2. The molecule has 2 unspecified atom stereocenters. The van der Waals surface area contributed by atoms with Crippen molar-refractivity contribution in [3.05, 3.63) is 29.6 Å². The Morgan fingerprint density at radius 2 is 2.06 bits per heavy atom. The summed E-state index contributed by atoms with van der Waals surface area (Å²) in [5.41, 5.74) is 8.84. The molecule has 3 heterocycles. The van der Waals surface area contributed by atoms with E-state index in [2.05, 4.69) is 22.9 Å². The zero-order valence-corrected chi connectivity index (χ0v) is 10.5. The Morgan fingerprint density at radius 1 is 1.35 bits per heavy atom. The summed E-state index contributed by atoms with van der Waals surface area (Å²) in [5, 5.41) is 0. The second-order valence-corrected chi connectivity index (χ2v) is 5.59. The zero-order valence-electron chi connectivity index (χ0n) is 10.5. The van der Waals surface area contributed by atoms with Crippen LogP contribution in [0.3, 0.4) is 0 Å². The van der Waals surface area contributed by atoms with E-state index in [1.807, 2.05) is 12.4 Å². The molecule has 0 aromatic carbocycles. The monoisotopic (exact) mass is 231 g/mol. The first kappa shape index (κ1) is 11.2. The maximum atomic E-state index is 6.10. The van der Waals surface area contributed by atoms with Crippen LogP contribution in [0.15, 0.2) is 18.5 Å². The van der Waals surface area contributed by atoms with Crippen LogP contribution in [-0.2, 0) is 6.54 Å². The van der Waals surface area contributed by atoms with Crippen LogP contribution in [0.25, 0.3) is 0 Å². The molecule has 0 spiro atoms. The molecule has 2 fully saturated rings. The molecule has 0 saturated carbocycles. The fraction of sp³-hybridized carbons (Fsp3) is 0.643. The topological polar surface area (TPSA) is 42.2 Å². The third kappa shape index (κ3) is 2.09. The van der Waals surface area contributed by atoms with Gasteiger partial charge in [-0.15, -0.1) is 0 Å². The second-order valence-electron chi connectivity index (χ2n) is 5.59. The molecule has 0 amide bonds. The lowest BCUT2D eigenvalue weighted by atomic mass is 9.97. The highest BCUT2D eigenvalue weighted by atomic mass is 15.2. The first-order chi connectivity index (χ1) is 8.24. The van der Waals surface area contributed by atoms with Crippen molar-refractivity contribution in [1.82, 2.24) is 9.88 Å². The van der Waals surface area contributed by atoms with Crippen molar-refractivity contribution < 1.29 is 0 Å². The van der Waals surface area contributed by atoms with Crippen molar-refractivity contribution in [1.29, 1.82) is 0 Å². The highest BCUT2D eigenvalue weighted by Gasteiger charge is 2.39. The third-order valence-electron chi connectivity index (χ3n) is 4.41. The van der Waals surface area contributed by atoms with Gasteiger partial charge in [-0.2, -0.15) is 0 Å². The number of rotatable bonds is 2. The van der Waals surface area contributed by atoms with Crippen LogP contribution >= 0.6 is 0 Å². The maximum Gasteiger partial charge on any atom is 0.0300 e. The maximum absolute atomic E-state index is 6.10. The Kier molecular flexibility index (Phi) is 2.89. The second kappa shape index (κ2) is 4.39. The minimum atomic E-state index is 0.433. The van der Waals surface area contributed by atoms with E-state index in [1.54, 1.807) is 0 Å². The normalized spacial score (nSPS) is 32.9. The minimum Gasteiger partial charge on any atom is -0.328 e. The summed E-state index contributed by atoms with van der Waals surface area (Å²) >= 11 is 0. The first-order valence-corrected chi connectivity index (χ1v) is 6.65. The Morgan fingerprint density at radius 3 is 2.71 bits per heavy atom. The van der Waals surface area contributed by atoms with Crippen molar-refractivity contribution in [2.75, 3.05) is 0 Å². The fourth-order valence-corrected chi connectivity index (χ4v) is 3.45. The number of piperidine rings is 1. The molecule has 2 aliphatic heterocycles. The van der Waals surface area contributed by atoms with Gasteiger partial charge in [0.2, 0.25) is 0 Å². The van der Waals surface area contributed by atoms with E-state index in [0.717, 1.165) is 18.6 Å². The molecule has 0 radical (unpaired) electrons. The lowest BCUT2D eigenvalue weighted by Gasteiger charge is -2.37. The van der Waals surface area contributed by atoms with E-state index >= 15 is 0 Å². The average Bonchev–Trinajstić information content (AvgIpc) is 2.56. The molecule has 3 heteroatoms. The number of pyridine rings is 1. The van der Waals surface area contributed by atoms with Crippen molar-refractivity contribution in [2.24, 2.45) is 5.73 Å². The van der Waals surface area contributed by atoms with Crippen molar-refractivity contribution >= 4 is 0 Å². The number of nitrogens with zero attached hydrogens (tertiary/aromatic N) is 2. The predicted molar refractivity (Wildman–Crippen MR) is 68.5 cm³/mol. The molecule has 1 aromatic heterocycles. The molecule has 2 N–H and O–H groups in total. The zero-order chi connectivity index (χ0) is 11.8. The van der Waals surface area contributed by atoms with E-state index in [-0.39, 0.29) is 0 Å². The molecule has 0 aliphatic carbocycles. The molecule has 3 nitrogen and oxygen atoms in total. The van der Waals surface area contributed by atoms with Gasteiger partial charge in [-0.05, 0) is 49.8 Å². The standard InChI is InChI=1S/C14H21N3/c1-10-8-16-5-4-11(10)9-17-13-2-3-14(17)7-12(15)6-13/h4-5,8,12-14H,2-3,6-7,9,15H2,1H3. The predicted octanol–water partition coefficient (Wildman–Crippen LogP) is 1.84. The van der Waals surface area contributed by atoms with Gasteiger partial charge >= 0.3 is 0 Å². The SMILES string of the molecule is Cc1cnccc1CN1C2CCC1CC(N)C2. The number of nitrogens with two attached hydrogens (primary N) is 1. The van der Waals surface area contributed by atoms with Gasteiger partial charge in [0.1, 0.15) is 0 Å². The Hall–Kier alpha value is -0.930. The first-order valence-electron chi connectivity index (χ1n) is 6.65. The molecule has 92 valence electrons. The van der Waals surface area contributed by atoms with Crippen LogP contribution in [0, 0.1) is 6.92 Å². The summed E-state index contributed by atoms with van der Waals surface area (Å²) in [6, 6.07) is 4.03. The van der Waals surface area contributed by atoms with E-state index in [9.17, 15) is 0 Å². The number of aryl methyl sites for hydroxylation is 1. The third-order valence-corrected chi connectivity index (χ3v) is 4.41. The molecule has 2 bridgehead atoms. The lowest BCUT2D eigenvalue weighted by molar-refractivity contribution is 0.119. The van der Waals surface area contributed by atoms with Gasteiger partial charge in [-0.3, -0.25) is 9.88 Å². The molecule has 3 rings (SSSR count). The van der Waals surface area contributed by atoms with Crippen molar-refractivity contribution in [3.8, 4) is 0 Å². The quantitative estimate of drug-likeness (QED) is 0.844. The summed E-state index contributed by atoms with van der Waals surface area (Å²) in [4.78, 5) is 6.84. The molecule has 2 atom stereocenters. The minimum absolute atomic E-state index is 0.433. The highest BCUT2D eigenvalue weighted by molar-refractivity contribution is 5.22. The number of hydrogen-bond acceptors (Lipinski definition) is 3. The lowest BCUT2D eigenvalue weighted by Crippen LogP contribution is -2.46. The van der Waals surface area contributed by atoms with Crippen LogP contribution in [0.2, 0.25) is 0 Å². The van der Waals surface area contributed by atoms with Crippen LogP contribution in [-0.4, -0.2) is 28.0 Å². The number of aromatic nitrogens is 1. The molecular weight excluding hydrogens is 210 g/mol. The van der Waals surface area contributed by atoms with Gasteiger partial charge < -0.3 is 5.73 Å². The van der Waals surface area contributed by atoms with Gasteiger partial charge in [0.05, 0.1) is 0 Å². The molecule has 2 aliphatic rings. The smallest absolute Gasteiger partial charge is 0.0300 e. The highest BCUT2D eigenvalue weighted by Crippen LogP contribution is 2.36. The van der Waals surface area contributed by atoms with E-state index in [4.69, 9.17) is 5.73 Å². The Balaban J connectivity index is 1.76. The average molecular weight is 231 g/mol.